The number of hydrogen-bond donors (Lipinski definition) is 1. The largest absolute Gasteiger partial charge is 0.497 e. The number of aromatic nitrogens is 1. The Kier molecular flexibility index (Phi) is 5.54. The van der Waals surface area contributed by atoms with Gasteiger partial charge in [0.1, 0.15) is 22.4 Å². The summed E-state index contributed by atoms with van der Waals surface area (Å²) < 4.78 is 10.6. The first-order valence-corrected chi connectivity index (χ1v) is 9.33. The molecule has 0 saturated carbocycles. The number of aliphatic carboxylic acids is 1. The number of nitrogens with zero attached hydrogens (tertiary/aromatic N) is 2. The van der Waals surface area contributed by atoms with Crippen LogP contribution in [0.1, 0.15) is 4.88 Å². The summed E-state index contributed by atoms with van der Waals surface area (Å²) in [7, 11) is 3.19. The highest BCUT2D eigenvalue weighted by molar-refractivity contribution is 7.24. The second-order valence-electron chi connectivity index (χ2n) is 5.26. The Bertz CT molecular complexity index is 1040. The van der Waals surface area contributed by atoms with Gasteiger partial charge in [-0.3, -0.25) is 0 Å². The summed E-state index contributed by atoms with van der Waals surface area (Å²) in [4.78, 5) is 17.9. The van der Waals surface area contributed by atoms with Crippen molar-refractivity contribution in [2.24, 2.45) is 0 Å². The number of thiazole rings is 1. The Morgan fingerprint density at radius 1 is 1.15 bits per heavy atom. The maximum absolute atomic E-state index is 11.0. The lowest BCUT2D eigenvalue weighted by molar-refractivity contribution is -0.132. The Morgan fingerprint density at radius 2 is 1.89 bits per heavy atom. The normalized spacial score (nSPS) is 11.1. The van der Waals surface area contributed by atoms with E-state index < -0.39 is 5.97 Å². The fourth-order valence-electron chi connectivity index (χ4n) is 2.30. The van der Waals surface area contributed by atoms with Gasteiger partial charge in [-0.05, 0) is 48.0 Å². The predicted molar refractivity (Wildman–Crippen MR) is 105 cm³/mol. The topological polar surface area (TPSA) is 92.4 Å². The third kappa shape index (κ3) is 4.00. The molecule has 0 spiro atoms. The van der Waals surface area contributed by atoms with Crippen molar-refractivity contribution in [2.75, 3.05) is 14.2 Å². The summed E-state index contributed by atoms with van der Waals surface area (Å²) in [6.07, 6.45) is 1.35. The van der Waals surface area contributed by atoms with Crippen LogP contribution in [-0.4, -0.2) is 30.3 Å². The molecule has 8 heteroatoms. The van der Waals surface area contributed by atoms with Crippen molar-refractivity contribution < 1.29 is 19.4 Å². The summed E-state index contributed by atoms with van der Waals surface area (Å²) in [6.45, 7) is 0. The van der Waals surface area contributed by atoms with E-state index in [2.05, 4.69) is 4.98 Å². The van der Waals surface area contributed by atoms with Crippen LogP contribution in [0.2, 0.25) is 0 Å². The van der Waals surface area contributed by atoms with Crippen LogP contribution in [0, 0.1) is 11.3 Å². The molecule has 0 amide bonds. The van der Waals surface area contributed by atoms with Crippen molar-refractivity contribution >= 4 is 34.7 Å². The molecule has 0 aliphatic carbocycles. The Morgan fingerprint density at radius 3 is 2.48 bits per heavy atom. The number of thiophene rings is 1. The van der Waals surface area contributed by atoms with Crippen molar-refractivity contribution in [2.45, 2.75) is 0 Å². The lowest BCUT2D eigenvalue weighted by Gasteiger charge is -2.02. The van der Waals surface area contributed by atoms with E-state index in [1.807, 2.05) is 30.3 Å². The van der Waals surface area contributed by atoms with Crippen molar-refractivity contribution in [1.82, 2.24) is 4.98 Å². The molecule has 27 heavy (non-hydrogen) atoms. The van der Waals surface area contributed by atoms with E-state index in [0.717, 1.165) is 26.1 Å². The first kappa shape index (κ1) is 18.6. The first-order chi connectivity index (χ1) is 13.0. The van der Waals surface area contributed by atoms with Gasteiger partial charge in [0.2, 0.25) is 5.88 Å². The molecular formula is C19H14N2O4S2. The second-order valence-corrected chi connectivity index (χ2v) is 7.38. The van der Waals surface area contributed by atoms with Gasteiger partial charge < -0.3 is 14.6 Å². The third-order valence-electron chi connectivity index (χ3n) is 3.62. The zero-order chi connectivity index (χ0) is 19.4. The van der Waals surface area contributed by atoms with Crippen LogP contribution in [0.15, 0.2) is 42.0 Å². The van der Waals surface area contributed by atoms with Gasteiger partial charge in [-0.1, -0.05) is 0 Å². The Labute approximate surface area is 163 Å². The number of carboxylic acid groups (broad SMARTS) is 1. The van der Waals surface area contributed by atoms with Crippen molar-refractivity contribution in [3.8, 4) is 38.0 Å². The van der Waals surface area contributed by atoms with E-state index in [0.29, 0.717) is 10.8 Å². The smallest absolute Gasteiger partial charge is 0.346 e. The number of carboxylic acids is 1. The fourth-order valence-corrected chi connectivity index (χ4v) is 4.35. The minimum Gasteiger partial charge on any atom is -0.497 e. The average molecular weight is 398 g/mol. The van der Waals surface area contributed by atoms with Gasteiger partial charge in [0.15, 0.2) is 0 Å². The molecule has 0 atom stereocenters. The van der Waals surface area contributed by atoms with E-state index in [4.69, 9.17) is 19.8 Å². The van der Waals surface area contributed by atoms with Crippen molar-refractivity contribution in [3.63, 3.8) is 0 Å². The number of benzene rings is 1. The van der Waals surface area contributed by atoms with Gasteiger partial charge in [0, 0.05) is 4.88 Å². The number of rotatable bonds is 6. The molecule has 1 aromatic carbocycles. The molecule has 136 valence electrons. The minimum atomic E-state index is -1.25. The fraction of sp³-hybridized carbons (Fsp3) is 0.105. The summed E-state index contributed by atoms with van der Waals surface area (Å²) in [6, 6.07) is 12.9. The lowest BCUT2D eigenvalue weighted by atomic mass is 10.2. The van der Waals surface area contributed by atoms with Gasteiger partial charge >= 0.3 is 5.97 Å². The monoisotopic (exact) mass is 398 g/mol. The van der Waals surface area contributed by atoms with Gasteiger partial charge in [0.25, 0.3) is 0 Å². The highest BCUT2D eigenvalue weighted by atomic mass is 32.1. The first-order valence-electron chi connectivity index (χ1n) is 7.70. The SMILES string of the molecule is COc1ccc(-c2sc(-c3ccc(/C=C(\C#N)C(=O)O)s3)nc2OC)cc1. The zero-order valence-corrected chi connectivity index (χ0v) is 16.1. The van der Waals surface area contributed by atoms with E-state index in [1.165, 1.54) is 28.7 Å². The van der Waals surface area contributed by atoms with E-state index in [9.17, 15) is 4.79 Å². The van der Waals surface area contributed by atoms with Gasteiger partial charge in [0.05, 0.1) is 24.0 Å². The zero-order valence-electron chi connectivity index (χ0n) is 14.4. The predicted octanol–water partition coefficient (Wildman–Crippen LogP) is 4.55. The summed E-state index contributed by atoms with van der Waals surface area (Å²) >= 11 is 2.84. The molecule has 3 rings (SSSR count). The maximum Gasteiger partial charge on any atom is 0.346 e. The van der Waals surface area contributed by atoms with Gasteiger partial charge in [-0.25, -0.2) is 9.78 Å². The molecule has 6 nitrogen and oxygen atoms in total. The molecule has 0 unspecified atom stereocenters. The molecular weight excluding hydrogens is 384 g/mol. The second kappa shape index (κ2) is 8.03. The minimum absolute atomic E-state index is 0.306. The average Bonchev–Trinajstić information content (AvgIpc) is 3.32. The molecule has 0 aliphatic rings. The molecule has 0 aliphatic heterocycles. The lowest BCUT2D eigenvalue weighted by Crippen LogP contribution is -1.96. The number of hydrogen-bond acceptors (Lipinski definition) is 7. The quantitative estimate of drug-likeness (QED) is 0.484. The highest BCUT2D eigenvalue weighted by Gasteiger charge is 2.17. The molecule has 0 bridgehead atoms. The van der Waals surface area contributed by atoms with Gasteiger partial charge in [-0.2, -0.15) is 5.26 Å². The van der Waals surface area contributed by atoms with Crippen LogP contribution in [0.5, 0.6) is 11.6 Å². The molecule has 0 saturated heterocycles. The van der Waals surface area contributed by atoms with E-state index in [-0.39, 0.29) is 5.57 Å². The van der Waals surface area contributed by atoms with Crippen LogP contribution < -0.4 is 9.47 Å². The number of methoxy groups -OCH3 is 2. The Balaban J connectivity index is 1.96. The maximum atomic E-state index is 11.0. The van der Waals surface area contributed by atoms with Crippen LogP contribution >= 0.6 is 22.7 Å². The molecule has 3 aromatic rings. The number of nitriles is 1. The summed E-state index contributed by atoms with van der Waals surface area (Å²) in [5, 5.41) is 18.6. The van der Waals surface area contributed by atoms with Gasteiger partial charge in [-0.15, -0.1) is 22.7 Å². The molecule has 2 aromatic heterocycles. The molecule has 0 radical (unpaired) electrons. The van der Waals surface area contributed by atoms with Crippen molar-refractivity contribution in [1.29, 1.82) is 5.26 Å². The molecule has 1 N–H and O–H groups in total. The summed E-state index contributed by atoms with van der Waals surface area (Å²) in [5.74, 6) is 0.0444. The summed E-state index contributed by atoms with van der Waals surface area (Å²) in [5.41, 5.74) is 0.657. The van der Waals surface area contributed by atoms with E-state index in [1.54, 1.807) is 26.4 Å². The van der Waals surface area contributed by atoms with Crippen LogP contribution in [0.3, 0.4) is 0 Å². The van der Waals surface area contributed by atoms with Crippen LogP contribution in [0.4, 0.5) is 0 Å². The van der Waals surface area contributed by atoms with E-state index >= 15 is 0 Å². The third-order valence-corrected chi connectivity index (χ3v) is 5.90. The number of ether oxygens (including phenoxy) is 2. The standard InChI is InChI=1S/C19H14N2O4S2/c1-24-13-5-3-11(4-6-13)16-17(25-2)21-18(27-16)15-8-7-14(26-15)9-12(10-20)19(22)23/h3-9H,1-2H3,(H,22,23)/b12-9+. The van der Waals surface area contributed by atoms with Crippen LogP contribution in [-0.2, 0) is 4.79 Å². The Hall–Kier alpha value is -3.15. The highest BCUT2D eigenvalue weighted by Crippen LogP contribution is 2.42. The molecule has 2 heterocycles. The van der Waals surface area contributed by atoms with Crippen molar-refractivity contribution in [3.05, 3.63) is 46.8 Å². The number of carbonyl (C=O) groups is 1. The van der Waals surface area contributed by atoms with Crippen LogP contribution in [0.25, 0.3) is 26.4 Å². The molecule has 0 fully saturated rings.